The molecule has 3 aromatic rings. The van der Waals surface area contributed by atoms with Crippen molar-refractivity contribution in [3.05, 3.63) is 78.0 Å². The van der Waals surface area contributed by atoms with Crippen molar-refractivity contribution in [2.24, 2.45) is 5.92 Å². The molecule has 39 heavy (non-hydrogen) atoms. The van der Waals surface area contributed by atoms with Gasteiger partial charge in [-0.25, -0.2) is 9.97 Å². The number of H-pyrrole nitrogens is 1. The predicted molar refractivity (Wildman–Crippen MR) is 161 cm³/mol. The number of nitrogens with one attached hydrogen (secondary N) is 3. The van der Waals surface area contributed by atoms with Crippen molar-refractivity contribution in [3.8, 4) is 0 Å². The number of nitrogens with two attached hydrogens (primary N) is 1. The number of allylic oxidation sites excluding steroid dienone is 5. The lowest BCUT2D eigenvalue weighted by Crippen LogP contribution is -2.29. The maximum Gasteiger partial charge on any atom is 0.224 e. The average molecular weight is 526 g/mol. The number of amides is 1. The minimum atomic E-state index is -0.0218. The van der Waals surface area contributed by atoms with E-state index in [1.807, 2.05) is 63.4 Å². The molecule has 1 atom stereocenters. The number of fused-ring (bicyclic) bond motifs is 1. The summed E-state index contributed by atoms with van der Waals surface area (Å²) in [7, 11) is 0. The lowest BCUT2D eigenvalue weighted by molar-refractivity contribution is -0.120. The van der Waals surface area contributed by atoms with Crippen molar-refractivity contribution in [1.29, 1.82) is 5.41 Å². The molecule has 8 nitrogen and oxygen atoms in total. The van der Waals surface area contributed by atoms with Crippen molar-refractivity contribution in [2.75, 3.05) is 23.7 Å². The molecular formula is C31H39N7O. The summed E-state index contributed by atoms with van der Waals surface area (Å²) < 4.78 is 0. The molecule has 4 heterocycles. The van der Waals surface area contributed by atoms with Crippen molar-refractivity contribution >= 4 is 39.6 Å². The van der Waals surface area contributed by atoms with Crippen LogP contribution in [-0.2, 0) is 4.79 Å². The Hall–Kier alpha value is -4.20. The van der Waals surface area contributed by atoms with Crippen LogP contribution in [0.4, 0.5) is 11.4 Å². The van der Waals surface area contributed by atoms with E-state index in [-0.39, 0.29) is 17.5 Å². The molecule has 1 amide bonds. The van der Waals surface area contributed by atoms with E-state index in [1.54, 1.807) is 6.07 Å². The van der Waals surface area contributed by atoms with Crippen molar-refractivity contribution < 1.29 is 4.79 Å². The van der Waals surface area contributed by atoms with Crippen LogP contribution in [0.15, 0.2) is 61.0 Å². The third kappa shape index (κ3) is 6.63. The summed E-state index contributed by atoms with van der Waals surface area (Å²) in [6.45, 7) is 11.8. The van der Waals surface area contributed by atoms with Crippen molar-refractivity contribution in [2.45, 2.75) is 52.9 Å². The summed E-state index contributed by atoms with van der Waals surface area (Å²) >= 11 is 0. The molecule has 3 aromatic heterocycles. The number of carbonyl (C=O) groups is 1. The summed E-state index contributed by atoms with van der Waals surface area (Å²) in [5.41, 5.74) is 12.0. The first-order chi connectivity index (χ1) is 18.8. The van der Waals surface area contributed by atoms with Gasteiger partial charge in [-0.3, -0.25) is 10.2 Å². The van der Waals surface area contributed by atoms with E-state index in [1.165, 1.54) is 19.3 Å². The highest BCUT2D eigenvalue weighted by atomic mass is 16.1. The molecule has 1 saturated heterocycles. The number of anilines is 2. The van der Waals surface area contributed by atoms with E-state index in [9.17, 15) is 4.79 Å². The Morgan fingerprint density at radius 3 is 2.77 bits per heavy atom. The summed E-state index contributed by atoms with van der Waals surface area (Å²) in [5.74, 6) is 0.0529. The summed E-state index contributed by atoms with van der Waals surface area (Å²) in [6.07, 6.45) is 12.5. The number of aromatic amines is 1. The smallest absolute Gasteiger partial charge is 0.224 e. The largest absolute Gasteiger partial charge is 0.397 e. The van der Waals surface area contributed by atoms with Gasteiger partial charge in [-0.2, -0.15) is 0 Å². The summed E-state index contributed by atoms with van der Waals surface area (Å²) in [4.78, 5) is 27.2. The van der Waals surface area contributed by atoms with Crippen molar-refractivity contribution in [3.63, 3.8) is 0 Å². The number of nitrogens with zero attached hydrogens (tertiary/aromatic N) is 3. The van der Waals surface area contributed by atoms with Gasteiger partial charge in [0, 0.05) is 42.5 Å². The lowest BCUT2D eigenvalue weighted by Gasteiger charge is -2.29. The molecule has 1 fully saturated rings. The Bertz CT molecular complexity index is 1430. The number of carbonyl (C=O) groups excluding carboxylic acids is 1. The monoisotopic (exact) mass is 525 g/mol. The number of hydrogen-bond acceptors (Lipinski definition) is 6. The maximum absolute atomic E-state index is 12.1. The molecule has 0 unspecified atom stereocenters. The van der Waals surface area contributed by atoms with E-state index in [0.717, 1.165) is 47.5 Å². The topological polar surface area (TPSA) is 124 Å². The second-order valence-electron chi connectivity index (χ2n) is 10.2. The number of piperidine rings is 1. The maximum atomic E-state index is 12.1. The Morgan fingerprint density at radius 1 is 1.28 bits per heavy atom. The van der Waals surface area contributed by atoms with Crippen LogP contribution in [0.5, 0.6) is 0 Å². The van der Waals surface area contributed by atoms with Crippen LogP contribution in [-0.4, -0.2) is 39.7 Å². The second kappa shape index (κ2) is 12.6. The van der Waals surface area contributed by atoms with Gasteiger partial charge < -0.3 is 20.9 Å². The highest BCUT2D eigenvalue weighted by Gasteiger charge is 2.19. The first-order valence-electron chi connectivity index (χ1n) is 13.7. The van der Waals surface area contributed by atoms with E-state index < -0.39 is 0 Å². The number of rotatable bonds is 10. The lowest BCUT2D eigenvalue weighted by atomic mass is 10.0. The molecule has 0 bridgehead atoms. The van der Waals surface area contributed by atoms with Crippen LogP contribution in [0.1, 0.15) is 70.0 Å². The normalized spacial score (nSPS) is 15.3. The van der Waals surface area contributed by atoms with Gasteiger partial charge in [0.15, 0.2) is 0 Å². The molecule has 1 aliphatic rings. The first-order valence-corrected chi connectivity index (χ1v) is 13.7. The van der Waals surface area contributed by atoms with Crippen LogP contribution in [0.25, 0.3) is 16.6 Å². The highest BCUT2D eigenvalue weighted by Crippen LogP contribution is 2.30. The molecule has 204 valence electrons. The zero-order chi connectivity index (χ0) is 27.9. The van der Waals surface area contributed by atoms with Crippen LogP contribution in [0.2, 0.25) is 0 Å². The fraction of sp³-hybridized carbons (Fsp3) is 0.355. The Kier molecular flexibility index (Phi) is 8.96. The highest BCUT2D eigenvalue weighted by molar-refractivity contribution is 6.14. The molecule has 0 saturated carbocycles. The zero-order valence-electron chi connectivity index (χ0n) is 23.2. The Balaban J connectivity index is 1.70. The van der Waals surface area contributed by atoms with Gasteiger partial charge >= 0.3 is 0 Å². The molecule has 4 rings (SSSR count). The minimum Gasteiger partial charge on any atom is -0.397 e. The molecule has 0 spiro atoms. The van der Waals surface area contributed by atoms with Crippen LogP contribution < -0.4 is 16.0 Å². The van der Waals surface area contributed by atoms with Gasteiger partial charge in [-0.05, 0) is 74.4 Å². The minimum absolute atomic E-state index is 0.0218. The molecule has 5 N–H and O–H groups in total. The standard InChI is InChI=1S/C31H39N7O/c1-5-10-28(39)35-21(4)18-22(17-20(3)6-2)25-12-11-24(32)30(36-25)29(33)26-19-23-27(13-14-34-31(23)37-26)38-15-8-7-9-16-38/h6,11-14,17-20,33H,2,5,7-10,15-16,32H2,1,3-4H3,(H,34,37)(H,35,39)/b21-18+,22-17+,33-29?/t20-/m0/s1. The molecule has 0 aliphatic carbocycles. The Labute approximate surface area is 230 Å². The number of aromatic nitrogens is 3. The van der Waals surface area contributed by atoms with Gasteiger partial charge in [0.1, 0.15) is 17.1 Å². The van der Waals surface area contributed by atoms with Crippen molar-refractivity contribution in [1.82, 2.24) is 20.3 Å². The number of pyridine rings is 2. The molecule has 0 aromatic carbocycles. The van der Waals surface area contributed by atoms with Crippen LogP contribution in [0, 0.1) is 11.3 Å². The van der Waals surface area contributed by atoms with Gasteiger partial charge in [0.05, 0.1) is 17.1 Å². The molecule has 1 aliphatic heterocycles. The van der Waals surface area contributed by atoms with Gasteiger partial charge in [-0.1, -0.05) is 26.0 Å². The third-order valence-corrected chi connectivity index (χ3v) is 6.93. The number of hydrogen-bond donors (Lipinski definition) is 4. The van der Waals surface area contributed by atoms with E-state index in [4.69, 9.17) is 16.1 Å². The molecule has 0 radical (unpaired) electrons. The van der Waals surface area contributed by atoms with E-state index in [2.05, 4.69) is 26.8 Å². The molecule has 8 heteroatoms. The van der Waals surface area contributed by atoms with Crippen LogP contribution in [0.3, 0.4) is 0 Å². The Morgan fingerprint density at radius 2 is 2.05 bits per heavy atom. The van der Waals surface area contributed by atoms with Gasteiger partial charge in [0.2, 0.25) is 5.91 Å². The fourth-order valence-corrected chi connectivity index (χ4v) is 4.85. The van der Waals surface area contributed by atoms with Gasteiger partial charge in [0.25, 0.3) is 0 Å². The first kappa shape index (κ1) is 27.8. The quantitative estimate of drug-likeness (QED) is 0.147. The van der Waals surface area contributed by atoms with Gasteiger partial charge in [-0.15, -0.1) is 6.58 Å². The summed E-state index contributed by atoms with van der Waals surface area (Å²) in [6, 6.07) is 7.64. The number of nitrogen functional groups attached to an aromatic ring is 1. The average Bonchev–Trinajstić information content (AvgIpc) is 3.37. The predicted octanol–water partition coefficient (Wildman–Crippen LogP) is 5.97. The second-order valence-corrected chi connectivity index (χ2v) is 10.2. The summed E-state index contributed by atoms with van der Waals surface area (Å²) in [5, 5.41) is 13.0. The van der Waals surface area contributed by atoms with Crippen LogP contribution >= 0.6 is 0 Å². The SMILES string of the molecule is C=C[C@H](C)/C=C(\C=C(/C)NC(=O)CCC)c1ccc(N)c(C(=N)c2cc3c(N4CCCCC4)ccnc3[nH]2)n1. The van der Waals surface area contributed by atoms with E-state index >= 15 is 0 Å². The van der Waals surface area contributed by atoms with E-state index in [0.29, 0.717) is 29.2 Å². The molecular weight excluding hydrogens is 486 g/mol. The third-order valence-electron chi connectivity index (χ3n) is 6.93. The fourth-order valence-electron chi connectivity index (χ4n) is 4.85. The zero-order valence-corrected chi connectivity index (χ0v) is 23.2.